The maximum Gasteiger partial charge on any atom is 0.0430 e. The van der Waals surface area contributed by atoms with Gasteiger partial charge in [-0.1, -0.05) is 26.7 Å². The van der Waals surface area contributed by atoms with Crippen molar-refractivity contribution in [2.24, 2.45) is 5.92 Å². The second-order valence-electron chi connectivity index (χ2n) is 3.88. The molecule has 2 N–H and O–H groups in total. The van der Waals surface area contributed by atoms with Gasteiger partial charge in [0.05, 0.1) is 0 Å². The SMILES string of the molecule is CCCCO.CNC1CCCC1C. The third kappa shape index (κ3) is 6.05. The molecule has 0 heterocycles. The van der Waals surface area contributed by atoms with Gasteiger partial charge in [0.2, 0.25) is 0 Å². The van der Waals surface area contributed by atoms with E-state index >= 15 is 0 Å². The second kappa shape index (κ2) is 8.52. The molecule has 0 spiro atoms. The lowest BCUT2D eigenvalue weighted by atomic mass is 10.1. The lowest BCUT2D eigenvalue weighted by Gasteiger charge is -2.12. The number of hydrogen-bond donors (Lipinski definition) is 2. The Hall–Kier alpha value is -0.0800. The van der Waals surface area contributed by atoms with Crippen molar-refractivity contribution in [1.82, 2.24) is 5.32 Å². The third-order valence-electron chi connectivity index (χ3n) is 2.74. The van der Waals surface area contributed by atoms with Crippen LogP contribution in [0.1, 0.15) is 46.0 Å². The quantitative estimate of drug-likeness (QED) is 0.709. The smallest absolute Gasteiger partial charge is 0.0430 e. The summed E-state index contributed by atoms with van der Waals surface area (Å²) in [5, 5.41) is 11.4. The summed E-state index contributed by atoms with van der Waals surface area (Å²) in [6.45, 7) is 4.72. The van der Waals surface area contributed by atoms with Crippen LogP contribution in [0, 0.1) is 5.92 Å². The van der Waals surface area contributed by atoms with Gasteiger partial charge in [-0.15, -0.1) is 0 Å². The Labute approximate surface area is 82.7 Å². The van der Waals surface area contributed by atoms with Crippen LogP contribution in [0.4, 0.5) is 0 Å². The number of aliphatic hydroxyl groups excluding tert-OH is 1. The summed E-state index contributed by atoms with van der Waals surface area (Å²) in [6, 6.07) is 0.815. The van der Waals surface area contributed by atoms with Gasteiger partial charge in [0.25, 0.3) is 0 Å². The molecule has 1 rings (SSSR count). The van der Waals surface area contributed by atoms with E-state index in [0.717, 1.165) is 24.8 Å². The van der Waals surface area contributed by atoms with Crippen molar-refractivity contribution in [3.8, 4) is 0 Å². The first-order valence-corrected chi connectivity index (χ1v) is 5.54. The molecule has 2 heteroatoms. The summed E-state index contributed by atoms with van der Waals surface area (Å²) < 4.78 is 0. The van der Waals surface area contributed by atoms with Crippen LogP contribution < -0.4 is 5.32 Å². The molecule has 0 aromatic carbocycles. The van der Waals surface area contributed by atoms with Crippen molar-refractivity contribution >= 4 is 0 Å². The van der Waals surface area contributed by atoms with E-state index in [1.54, 1.807) is 0 Å². The minimum atomic E-state index is 0.344. The maximum atomic E-state index is 8.07. The molecule has 0 aliphatic heterocycles. The van der Waals surface area contributed by atoms with Crippen molar-refractivity contribution in [3.63, 3.8) is 0 Å². The molecule has 0 aromatic rings. The molecule has 0 aromatic heterocycles. The Bertz CT molecular complexity index is 104. The summed E-state index contributed by atoms with van der Waals surface area (Å²) in [4.78, 5) is 0. The first-order chi connectivity index (χ1) is 6.26. The van der Waals surface area contributed by atoms with Crippen LogP contribution in [-0.2, 0) is 0 Å². The van der Waals surface area contributed by atoms with E-state index in [1.807, 2.05) is 0 Å². The van der Waals surface area contributed by atoms with E-state index in [-0.39, 0.29) is 0 Å². The Morgan fingerprint density at radius 2 is 2.08 bits per heavy atom. The molecule has 2 atom stereocenters. The minimum absolute atomic E-state index is 0.344. The molecule has 2 nitrogen and oxygen atoms in total. The van der Waals surface area contributed by atoms with Crippen LogP contribution in [0.3, 0.4) is 0 Å². The van der Waals surface area contributed by atoms with E-state index < -0.39 is 0 Å². The molecule has 0 bridgehead atoms. The van der Waals surface area contributed by atoms with Gasteiger partial charge in [-0.25, -0.2) is 0 Å². The minimum Gasteiger partial charge on any atom is -0.396 e. The molecule has 80 valence electrons. The molecule has 13 heavy (non-hydrogen) atoms. The van der Waals surface area contributed by atoms with Gasteiger partial charge >= 0.3 is 0 Å². The molecule has 0 saturated heterocycles. The van der Waals surface area contributed by atoms with Crippen molar-refractivity contribution in [3.05, 3.63) is 0 Å². The lowest BCUT2D eigenvalue weighted by Crippen LogP contribution is -2.26. The van der Waals surface area contributed by atoms with Crippen LogP contribution in [-0.4, -0.2) is 24.8 Å². The summed E-state index contributed by atoms with van der Waals surface area (Å²) in [5.41, 5.74) is 0. The summed E-state index contributed by atoms with van der Waals surface area (Å²) in [5.74, 6) is 0.917. The fraction of sp³-hybridized carbons (Fsp3) is 1.00. The zero-order chi connectivity index (χ0) is 10.1. The highest BCUT2D eigenvalue weighted by atomic mass is 16.2. The van der Waals surface area contributed by atoms with Crippen LogP contribution in [0.25, 0.3) is 0 Å². The molecule has 1 fully saturated rings. The molecule has 0 radical (unpaired) electrons. The maximum absolute atomic E-state index is 8.07. The lowest BCUT2D eigenvalue weighted by molar-refractivity contribution is 0.287. The zero-order valence-electron chi connectivity index (χ0n) is 9.34. The number of unbranched alkanes of at least 4 members (excludes halogenated alkanes) is 1. The standard InChI is InChI=1S/C7H15N.C4H10O/c1-6-4-3-5-7(6)8-2;1-2-3-4-5/h6-8H,3-5H2,1-2H3;5H,2-4H2,1H3. The van der Waals surface area contributed by atoms with Crippen molar-refractivity contribution in [2.75, 3.05) is 13.7 Å². The van der Waals surface area contributed by atoms with Crippen molar-refractivity contribution in [2.45, 2.75) is 52.0 Å². The Kier molecular flexibility index (Phi) is 8.46. The second-order valence-corrected chi connectivity index (χ2v) is 3.88. The molecule has 2 unspecified atom stereocenters. The van der Waals surface area contributed by atoms with Gasteiger partial charge in [0.1, 0.15) is 0 Å². The molecule has 1 aliphatic rings. The van der Waals surface area contributed by atoms with Gasteiger partial charge in [-0.3, -0.25) is 0 Å². The highest BCUT2D eigenvalue weighted by Gasteiger charge is 2.20. The zero-order valence-corrected chi connectivity index (χ0v) is 9.34. The average Bonchev–Trinajstić information content (AvgIpc) is 2.53. The van der Waals surface area contributed by atoms with E-state index in [1.165, 1.54) is 19.3 Å². The third-order valence-corrected chi connectivity index (χ3v) is 2.74. The summed E-state index contributed by atoms with van der Waals surface area (Å²) in [6.07, 6.45) is 6.27. The Morgan fingerprint density at radius 1 is 1.38 bits per heavy atom. The first-order valence-electron chi connectivity index (χ1n) is 5.54. The fourth-order valence-corrected chi connectivity index (χ4v) is 1.73. The normalized spacial score (nSPS) is 26.8. The van der Waals surface area contributed by atoms with Gasteiger partial charge < -0.3 is 10.4 Å². The van der Waals surface area contributed by atoms with Crippen molar-refractivity contribution < 1.29 is 5.11 Å². The predicted molar refractivity (Wildman–Crippen MR) is 57.9 cm³/mol. The molecular formula is C11H25NO. The number of nitrogens with one attached hydrogen (secondary N) is 1. The highest BCUT2D eigenvalue weighted by Crippen LogP contribution is 2.23. The topological polar surface area (TPSA) is 32.3 Å². The Morgan fingerprint density at radius 3 is 2.23 bits per heavy atom. The van der Waals surface area contributed by atoms with Gasteiger partial charge in [0, 0.05) is 12.6 Å². The van der Waals surface area contributed by atoms with E-state index in [0.29, 0.717) is 6.61 Å². The average molecular weight is 187 g/mol. The monoisotopic (exact) mass is 187 g/mol. The summed E-state index contributed by atoms with van der Waals surface area (Å²) >= 11 is 0. The van der Waals surface area contributed by atoms with Crippen molar-refractivity contribution in [1.29, 1.82) is 0 Å². The largest absolute Gasteiger partial charge is 0.396 e. The predicted octanol–water partition coefficient (Wildman–Crippen LogP) is 2.17. The Balaban J connectivity index is 0.000000252. The molecule has 1 aliphatic carbocycles. The highest BCUT2D eigenvalue weighted by molar-refractivity contribution is 4.78. The fourth-order valence-electron chi connectivity index (χ4n) is 1.73. The molecular weight excluding hydrogens is 162 g/mol. The van der Waals surface area contributed by atoms with Gasteiger partial charge in [0.15, 0.2) is 0 Å². The number of aliphatic hydroxyl groups is 1. The number of hydrogen-bond acceptors (Lipinski definition) is 2. The van der Waals surface area contributed by atoms with E-state index in [9.17, 15) is 0 Å². The summed E-state index contributed by atoms with van der Waals surface area (Å²) in [7, 11) is 2.06. The van der Waals surface area contributed by atoms with E-state index in [4.69, 9.17) is 5.11 Å². The van der Waals surface area contributed by atoms with Crippen LogP contribution in [0.5, 0.6) is 0 Å². The first kappa shape index (κ1) is 12.9. The molecule has 1 saturated carbocycles. The van der Waals surface area contributed by atoms with Gasteiger partial charge in [-0.05, 0) is 32.2 Å². The van der Waals surface area contributed by atoms with Crippen LogP contribution >= 0.6 is 0 Å². The van der Waals surface area contributed by atoms with Crippen LogP contribution in [0.15, 0.2) is 0 Å². The van der Waals surface area contributed by atoms with Crippen LogP contribution in [0.2, 0.25) is 0 Å². The van der Waals surface area contributed by atoms with E-state index in [2.05, 4.69) is 26.2 Å². The van der Waals surface area contributed by atoms with Gasteiger partial charge in [-0.2, -0.15) is 0 Å². The molecule has 0 amide bonds. The number of rotatable bonds is 3.